The van der Waals surface area contributed by atoms with E-state index in [1.165, 1.54) is 32.0 Å². The van der Waals surface area contributed by atoms with Crippen LogP contribution >= 0.6 is 0 Å². The second kappa shape index (κ2) is 5.17. The molecule has 21 heavy (non-hydrogen) atoms. The number of hydrogen-bond acceptors (Lipinski definition) is 6. The molecule has 0 amide bonds. The van der Waals surface area contributed by atoms with Gasteiger partial charge in [0.2, 0.25) is 14.9 Å². The minimum absolute atomic E-state index is 0.0377. The van der Waals surface area contributed by atoms with Gasteiger partial charge in [0.25, 0.3) is 0 Å². The van der Waals surface area contributed by atoms with E-state index in [4.69, 9.17) is 10.8 Å². The highest BCUT2D eigenvalue weighted by atomic mass is 32.2. The van der Waals surface area contributed by atoms with Gasteiger partial charge in [0.1, 0.15) is 0 Å². The van der Waals surface area contributed by atoms with Gasteiger partial charge in [-0.1, -0.05) is 11.3 Å². The normalized spacial score (nSPS) is 11.8. The van der Waals surface area contributed by atoms with Crippen LogP contribution in [-0.4, -0.2) is 39.7 Å². The summed E-state index contributed by atoms with van der Waals surface area (Å²) in [7, 11) is -3.66. The predicted octanol–water partition coefficient (Wildman–Crippen LogP) is 0.730. The average molecular weight is 310 g/mol. The van der Waals surface area contributed by atoms with E-state index in [0.717, 1.165) is 4.68 Å². The van der Waals surface area contributed by atoms with Gasteiger partial charge in [-0.3, -0.25) is 0 Å². The molecule has 0 saturated heterocycles. The van der Waals surface area contributed by atoms with Crippen molar-refractivity contribution >= 4 is 21.6 Å². The lowest BCUT2D eigenvalue weighted by Gasteiger charge is -2.06. The zero-order valence-corrected chi connectivity index (χ0v) is 12.2. The Hall–Kier alpha value is -2.42. The van der Waals surface area contributed by atoms with Crippen LogP contribution in [0.25, 0.3) is 5.69 Å². The van der Waals surface area contributed by atoms with E-state index >= 15 is 0 Å². The number of carboxylic acids is 1. The predicted molar refractivity (Wildman–Crippen MR) is 75.1 cm³/mol. The molecule has 0 saturated carbocycles. The molecule has 2 rings (SSSR count). The summed E-state index contributed by atoms with van der Waals surface area (Å²) in [6.45, 7) is 3.03. The van der Waals surface area contributed by atoms with Crippen LogP contribution in [0.2, 0.25) is 0 Å². The van der Waals surface area contributed by atoms with E-state index in [1.54, 1.807) is 6.07 Å². The largest absolute Gasteiger partial charge is 0.478 e. The molecule has 112 valence electrons. The Morgan fingerprint density at radius 2 is 2.05 bits per heavy atom. The third-order valence-electron chi connectivity index (χ3n) is 2.90. The van der Waals surface area contributed by atoms with Gasteiger partial charge in [0.05, 0.1) is 16.5 Å². The standard InChI is InChI=1S/C12H14N4O4S/c1-7(2)21(19,20)11-10(13)16(15-14-11)9-5-3-4-8(6-9)12(17)18/h3-7H,13H2,1-2H3,(H,17,18). The van der Waals surface area contributed by atoms with Gasteiger partial charge in [0.15, 0.2) is 5.82 Å². The number of nitrogen functional groups attached to an aromatic ring is 1. The smallest absolute Gasteiger partial charge is 0.335 e. The summed E-state index contributed by atoms with van der Waals surface area (Å²) < 4.78 is 25.3. The third-order valence-corrected chi connectivity index (χ3v) is 4.97. The van der Waals surface area contributed by atoms with Crippen LogP contribution in [0.5, 0.6) is 0 Å². The minimum atomic E-state index is -3.66. The van der Waals surface area contributed by atoms with Gasteiger partial charge in [0, 0.05) is 0 Å². The first-order chi connectivity index (χ1) is 9.75. The lowest BCUT2D eigenvalue weighted by Crippen LogP contribution is -2.16. The Labute approximate surface area is 121 Å². The van der Waals surface area contributed by atoms with Crippen LogP contribution in [0.15, 0.2) is 29.3 Å². The number of anilines is 1. The van der Waals surface area contributed by atoms with Crippen LogP contribution < -0.4 is 5.73 Å². The first-order valence-corrected chi connectivity index (χ1v) is 7.58. The molecule has 0 aliphatic heterocycles. The fraction of sp³-hybridized carbons (Fsp3) is 0.250. The number of rotatable bonds is 4. The van der Waals surface area contributed by atoms with Crippen molar-refractivity contribution in [3.05, 3.63) is 29.8 Å². The summed E-state index contributed by atoms with van der Waals surface area (Å²) in [4.78, 5) is 11.0. The maximum absolute atomic E-state index is 12.1. The number of nitrogens with zero attached hydrogens (tertiary/aromatic N) is 3. The lowest BCUT2D eigenvalue weighted by atomic mass is 10.2. The fourth-order valence-electron chi connectivity index (χ4n) is 1.66. The molecule has 0 aliphatic carbocycles. The van der Waals surface area contributed by atoms with Crippen molar-refractivity contribution in [1.82, 2.24) is 15.0 Å². The highest BCUT2D eigenvalue weighted by molar-refractivity contribution is 7.92. The zero-order valence-electron chi connectivity index (χ0n) is 11.4. The molecule has 9 heteroatoms. The Balaban J connectivity index is 2.56. The summed E-state index contributed by atoms with van der Waals surface area (Å²) in [5.74, 6) is -1.25. The molecule has 0 aliphatic rings. The monoisotopic (exact) mass is 310 g/mol. The average Bonchev–Trinajstić information content (AvgIpc) is 2.81. The van der Waals surface area contributed by atoms with E-state index in [1.807, 2.05) is 0 Å². The minimum Gasteiger partial charge on any atom is -0.478 e. The summed E-state index contributed by atoms with van der Waals surface area (Å²) in [5, 5.41) is 15.3. The molecule has 0 unspecified atom stereocenters. The van der Waals surface area contributed by atoms with E-state index in [-0.39, 0.29) is 16.4 Å². The number of aromatic nitrogens is 3. The Morgan fingerprint density at radius 3 is 2.62 bits per heavy atom. The van der Waals surface area contributed by atoms with Gasteiger partial charge in [-0.25, -0.2) is 13.2 Å². The van der Waals surface area contributed by atoms with Crippen molar-refractivity contribution in [3.8, 4) is 5.69 Å². The van der Waals surface area contributed by atoms with E-state index in [2.05, 4.69) is 10.3 Å². The number of benzene rings is 1. The molecular weight excluding hydrogens is 296 g/mol. The van der Waals surface area contributed by atoms with Gasteiger partial charge in [-0.05, 0) is 32.0 Å². The summed E-state index contributed by atoms with van der Waals surface area (Å²) in [6, 6.07) is 5.81. The molecule has 0 fully saturated rings. The second-order valence-electron chi connectivity index (χ2n) is 4.64. The van der Waals surface area contributed by atoms with Gasteiger partial charge in [-0.15, -0.1) is 5.10 Å². The highest BCUT2D eigenvalue weighted by Gasteiger charge is 2.27. The number of carboxylic acid groups (broad SMARTS) is 1. The van der Waals surface area contributed by atoms with Crippen LogP contribution in [0.4, 0.5) is 5.82 Å². The van der Waals surface area contributed by atoms with E-state index in [0.29, 0.717) is 5.69 Å². The highest BCUT2D eigenvalue weighted by Crippen LogP contribution is 2.22. The Kier molecular flexibility index (Phi) is 3.69. The maximum Gasteiger partial charge on any atom is 0.335 e. The van der Waals surface area contributed by atoms with Crippen LogP contribution in [0, 0.1) is 0 Å². The fourth-order valence-corrected chi connectivity index (χ4v) is 2.64. The summed E-state index contributed by atoms with van der Waals surface area (Å²) in [5.41, 5.74) is 6.16. The molecule has 0 atom stereocenters. The van der Waals surface area contributed by atoms with Crippen LogP contribution in [-0.2, 0) is 9.84 Å². The quantitative estimate of drug-likeness (QED) is 0.851. The molecule has 8 nitrogen and oxygen atoms in total. The molecular formula is C12H14N4O4S. The van der Waals surface area contributed by atoms with Crippen LogP contribution in [0.3, 0.4) is 0 Å². The lowest BCUT2D eigenvalue weighted by molar-refractivity contribution is 0.0697. The SMILES string of the molecule is CC(C)S(=O)(=O)c1nnn(-c2cccc(C(=O)O)c2)c1N. The molecule has 1 aromatic carbocycles. The van der Waals surface area contributed by atoms with Crippen LogP contribution in [0.1, 0.15) is 24.2 Å². The molecule has 2 aromatic rings. The second-order valence-corrected chi connectivity index (χ2v) is 7.06. The topological polar surface area (TPSA) is 128 Å². The van der Waals surface area contributed by atoms with Crippen molar-refractivity contribution in [2.24, 2.45) is 0 Å². The molecule has 1 aromatic heterocycles. The first-order valence-electron chi connectivity index (χ1n) is 6.04. The number of carbonyl (C=O) groups is 1. The maximum atomic E-state index is 12.1. The molecule has 0 radical (unpaired) electrons. The first kappa shape index (κ1) is 15.0. The number of hydrogen-bond donors (Lipinski definition) is 2. The van der Waals surface area contributed by atoms with Crippen molar-refractivity contribution in [2.75, 3.05) is 5.73 Å². The third kappa shape index (κ3) is 2.59. The molecule has 0 spiro atoms. The van der Waals surface area contributed by atoms with Gasteiger partial charge >= 0.3 is 5.97 Å². The molecule has 3 N–H and O–H groups in total. The van der Waals surface area contributed by atoms with E-state index in [9.17, 15) is 13.2 Å². The summed E-state index contributed by atoms with van der Waals surface area (Å²) >= 11 is 0. The van der Waals surface area contributed by atoms with Gasteiger partial charge in [-0.2, -0.15) is 4.68 Å². The van der Waals surface area contributed by atoms with Gasteiger partial charge < -0.3 is 10.8 Å². The zero-order chi connectivity index (χ0) is 15.8. The Morgan fingerprint density at radius 1 is 1.38 bits per heavy atom. The van der Waals surface area contributed by atoms with Crippen molar-refractivity contribution in [1.29, 1.82) is 0 Å². The van der Waals surface area contributed by atoms with Crippen molar-refractivity contribution in [3.63, 3.8) is 0 Å². The van der Waals surface area contributed by atoms with Crippen molar-refractivity contribution < 1.29 is 18.3 Å². The van der Waals surface area contributed by atoms with E-state index < -0.39 is 21.1 Å². The Bertz CT molecular complexity index is 795. The number of nitrogens with two attached hydrogens (primary N) is 1. The number of sulfone groups is 1. The molecule has 0 bridgehead atoms. The summed E-state index contributed by atoms with van der Waals surface area (Å²) in [6.07, 6.45) is 0. The molecule has 1 heterocycles. The number of aromatic carboxylic acids is 1. The van der Waals surface area contributed by atoms with Crippen molar-refractivity contribution in [2.45, 2.75) is 24.1 Å².